The Kier molecular flexibility index (Phi) is 5.06. The fourth-order valence-corrected chi connectivity index (χ4v) is 2.93. The fourth-order valence-electron chi connectivity index (χ4n) is 2.93. The summed E-state index contributed by atoms with van der Waals surface area (Å²) >= 11 is 0. The van der Waals surface area contributed by atoms with Crippen LogP contribution in [0.4, 0.5) is 8.78 Å². The number of hydrogen-bond acceptors (Lipinski definition) is 3. The van der Waals surface area contributed by atoms with Crippen molar-refractivity contribution in [3.8, 4) is 0 Å². The van der Waals surface area contributed by atoms with Crippen LogP contribution in [0, 0.1) is 17.0 Å². The molecule has 1 aromatic rings. The molecule has 1 saturated carbocycles. The number of hydrogen-bond donors (Lipinski definition) is 2. The van der Waals surface area contributed by atoms with Gasteiger partial charge < -0.3 is 15.2 Å². The molecular weight excluding hydrogens is 304 g/mol. The van der Waals surface area contributed by atoms with Crippen molar-refractivity contribution in [1.82, 2.24) is 5.32 Å². The zero-order valence-corrected chi connectivity index (χ0v) is 13.7. The fraction of sp³-hybridized carbons (Fsp3) is 0.588. The highest BCUT2D eigenvalue weighted by atomic mass is 19.1. The maximum atomic E-state index is 13.5. The molecule has 2 atom stereocenters. The number of halogens is 2. The van der Waals surface area contributed by atoms with Gasteiger partial charge in [-0.05, 0) is 19.1 Å². The molecule has 1 aliphatic carbocycles. The van der Waals surface area contributed by atoms with E-state index in [9.17, 15) is 18.7 Å². The molecule has 0 radical (unpaired) electrons. The van der Waals surface area contributed by atoms with Gasteiger partial charge in [0.05, 0.1) is 18.1 Å². The first-order valence-electron chi connectivity index (χ1n) is 7.75. The zero-order valence-electron chi connectivity index (χ0n) is 13.7. The quantitative estimate of drug-likeness (QED) is 0.842. The Hall–Kier alpha value is -1.53. The number of carbonyl (C=O) groups excluding carboxylic acids is 1. The van der Waals surface area contributed by atoms with Crippen LogP contribution in [0.3, 0.4) is 0 Å². The lowest BCUT2D eigenvalue weighted by molar-refractivity contribution is -0.238. The summed E-state index contributed by atoms with van der Waals surface area (Å²) in [4.78, 5) is 11.9. The van der Waals surface area contributed by atoms with E-state index in [1.165, 1.54) is 6.07 Å². The molecule has 128 valence electrons. The minimum Gasteiger partial charge on any atom is -0.387 e. The lowest BCUT2D eigenvalue weighted by atomic mass is 9.56. The highest BCUT2D eigenvalue weighted by Crippen LogP contribution is 2.50. The van der Waals surface area contributed by atoms with Crippen molar-refractivity contribution in [2.45, 2.75) is 45.3 Å². The topological polar surface area (TPSA) is 58.6 Å². The molecule has 0 bridgehead atoms. The molecule has 1 fully saturated rings. The van der Waals surface area contributed by atoms with Crippen molar-refractivity contribution in [1.29, 1.82) is 0 Å². The van der Waals surface area contributed by atoms with Gasteiger partial charge in [-0.2, -0.15) is 0 Å². The summed E-state index contributed by atoms with van der Waals surface area (Å²) in [6.07, 6.45) is -0.0510. The van der Waals surface area contributed by atoms with Crippen LogP contribution in [-0.4, -0.2) is 35.9 Å². The first-order valence-corrected chi connectivity index (χ1v) is 7.75. The van der Waals surface area contributed by atoms with E-state index >= 15 is 0 Å². The Morgan fingerprint density at radius 3 is 2.52 bits per heavy atom. The van der Waals surface area contributed by atoms with Crippen LogP contribution in [0.1, 0.15) is 32.8 Å². The van der Waals surface area contributed by atoms with Gasteiger partial charge in [0.1, 0.15) is 11.6 Å². The van der Waals surface area contributed by atoms with E-state index in [1.807, 2.05) is 20.8 Å². The average Bonchev–Trinajstić information content (AvgIpc) is 2.49. The van der Waals surface area contributed by atoms with Gasteiger partial charge >= 0.3 is 0 Å². The lowest BCUT2D eigenvalue weighted by Gasteiger charge is -2.57. The SMILES string of the molecule is CCOC1CC(O)(CNC(=O)Cc2c(F)cccc2F)C1(C)C. The maximum Gasteiger partial charge on any atom is 0.224 e. The van der Waals surface area contributed by atoms with E-state index < -0.39 is 35.0 Å². The van der Waals surface area contributed by atoms with Crippen LogP contribution in [0.2, 0.25) is 0 Å². The zero-order chi connectivity index (χ0) is 17.3. The van der Waals surface area contributed by atoms with Gasteiger partial charge in [-0.15, -0.1) is 0 Å². The van der Waals surface area contributed by atoms with E-state index in [0.717, 1.165) is 12.1 Å². The predicted molar refractivity (Wildman–Crippen MR) is 81.8 cm³/mol. The second kappa shape index (κ2) is 6.53. The summed E-state index contributed by atoms with van der Waals surface area (Å²) in [6.45, 7) is 6.22. The van der Waals surface area contributed by atoms with Crippen molar-refractivity contribution in [2.75, 3.05) is 13.2 Å². The van der Waals surface area contributed by atoms with Gasteiger partial charge in [-0.25, -0.2) is 8.78 Å². The van der Waals surface area contributed by atoms with Crippen molar-refractivity contribution >= 4 is 5.91 Å². The Labute approximate surface area is 134 Å². The number of amides is 1. The standard InChI is InChI=1S/C17H23F2NO3/c1-4-23-14-9-17(22,16(14,2)3)10-20-15(21)8-11-12(18)6-5-7-13(11)19/h5-7,14,22H,4,8-10H2,1-3H3,(H,20,21). The van der Waals surface area contributed by atoms with Crippen LogP contribution >= 0.6 is 0 Å². The summed E-state index contributed by atoms with van der Waals surface area (Å²) < 4.78 is 32.6. The van der Waals surface area contributed by atoms with Crippen molar-refractivity contribution in [3.05, 3.63) is 35.4 Å². The molecule has 0 saturated heterocycles. The molecule has 6 heteroatoms. The molecule has 2 N–H and O–H groups in total. The van der Waals surface area contributed by atoms with E-state index in [1.54, 1.807) is 0 Å². The predicted octanol–water partition coefficient (Wildman–Crippen LogP) is 2.19. The third-order valence-corrected chi connectivity index (χ3v) is 4.87. The van der Waals surface area contributed by atoms with E-state index in [4.69, 9.17) is 4.74 Å². The molecule has 2 rings (SSSR count). The van der Waals surface area contributed by atoms with Crippen LogP contribution in [0.25, 0.3) is 0 Å². The largest absolute Gasteiger partial charge is 0.387 e. The molecule has 2 unspecified atom stereocenters. The van der Waals surface area contributed by atoms with Crippen LogP contribution in [0.15, 0.2) is 18.2 Å². The Morgan fingerprint density at radius 1 is 1.39 bits per heavy atom. The second-order valence-corrected chi connectivity index (χ2v) is 6.56. The van der Waals surface area contributed by atoms with E-state index in [2.05, 4.69) is 5.32 Å². The molecule has 1 aliphatic rings. The van der Waals surface area contributed by atoms with Crippen LogP contribution in [-0.2, 0) is 16.0 Å². The first-order chi connectivity index (χ1) is 10.7. The summed E-state index contributed by atoms with van der Waals surface area (Å²) in [5.74, 6) is -2.03. The number of rotatable bonds is 6. The Bertz CT molecular complexity index is 571. The smallest absolute Gasteiger partial charge is 0.224 e. The molecule has 0 aromatic heterocycles. The van der Waals surface area contributed by atoms with Gasteiger partial charge in [-0.1, -0.05) is 19.9 Å². The summed E-state index contributed by atoms with van der Waals surface area (Å²) in [5.41, 5.74) is -1.85. The number of benzene rings is 1. The molecular formula is C17H23F2NO3. The summed E-state index contributed by atoms with van der Waals surface area (Å²) in [5, 5.41) is 13.2. The third kappa shape index (κ3) is 3.38. The van der Waals surface area contributed by atoms with Gasteiger partial charge in [0.2, 0.25) is 5.91 Å². The lowest BCUT2D eigenvalue weighted by Crippen LogP contribution is -2.68. The van der Waals surface area contributed by atoms with E-state index in [-0.39, 0.29) is 18.2 Å². The Morgan fingerprint density at radius 2 is 2.00 bits per heavy atom. The number of aliphatic hydroxyl groups is 1. The van der Waals surface area contributed by atoms with Crippen molar-refractivity contribution < 1.29 is 23.4 Å². The maximum absolute atomic E-state index is 13.5. The van der Waals surface area contributed by atoms with Gasteiger partial charge in [0, 0.05) is 30.6 Å². The first kappa shape index (κ1) is 17.8. The highest BCUT2D eigenvalue weighted by molar-refractivity contribution is 5.78. The van der Waals surface area contributed by atoms with Crippen LogP contribution in [0.5, 0.6) is 0 Å². The minimum absolute atomic E-state index is 0.0263. The third-order valence-electron chi connectivity index (χ3n) is 4.87. The van der Waals surface area contributed by atoms with Gasteiger partial charge in [-0.3, -0.25) is 4.79 Å². The summed E-state index contributed by atoms with van der Waals surface area (Å²) in [6, 6.07) is 3.47. The highest BCUT2D eigenvalue weighted by Gasteiger charge is 2.59. The number of ether oxygens (including phenoxy) is 1. The number of carbonyl (C=O) groups is 1. The average molecular weight is 327 g/mol. The molecule has 0 spiro atoms. The molecule has 1 amide bonds. The monoisotopic (exact) mass is 327 g/mol. The van der Waals surface area contributed by atoms with Crippen LogP contribution < -0.4 is 5.32 Å². The van der Waals surface area contributed by atoms with Gasteiger partial charge in [0.25, 0.3) is 0 Å². The second-order valence-electron chi connectivity index (χ2n) is 6.56. The Balaban J connectivity index is 1.93. The normalized spacial score (nSPS) is 25.7. The molecule has 4 nitrogen and oxygen atoms in total. The molecule has 23 heavy (non-hydrogen) atoms. The number of nitrogens with one attached hydrogen (secondary N) is 1. The summed E-state index contributed by atoms with van der Waals surface area (Å²) in [7, 11) is 0. The molecule has 1 aromatic carbocycles. The molecule has 0 heterocycles. The van der Waals surface area contributed by atoms with Gasteiger partial charge in [0.15, 0.2) is 0 Å². The van der Waals surface area contributed by atoms with Crippen molar-refractivity contribution in [3.63, 3.8) is 0 Å². The molecule has 0 aliphatic heterocycles. The minimum atomic E-state index is -1.09. The van der Waals surface area contributed by atoms with Crippen molar-refractivity contribution in [2.24, 2.45) is 5.41 Å². The van der Waals surface area contributed by atoms with E-state index in [0.29, 0.717) is 13.0 Å².